The number of benzene rings is 2. The average Bonchev–Trinajstić information content (AvgIpc) is 3.57. The number of hydrogen-bond donors (Lipinski definition) is 1. The topological polar surface area (TPSA) is 80.3 Å². The summed E-state index contributed by atoms with van der Waals surface area (Å²) in [4.78, 5) is 23.6. The fraction of sp³-hybridized carbons (Fsp3) is 0.571. The predicted molar refractivity (Wildman–Crippen MR) is 178 cm³/mol. The van der Waals surface area contributed by atoms with Crippen LogP contribution in [0.4, 0.5) is 5.69 Å². The Balaban J connectivity index is 1.29. The molecule has 236 valence electrons. The molecule has 0 radical (unpaired) electrons. The van der Waals surface area contributed by atoms with Crippen LogP contribution in [-0.2, 0) is 17.8 Å². The van der Waals surface area contributed by atoms with Crippen molar-refractivity contribution in [2.75, 3.05) is 18.0 Å². The maximum atomic E-state index is 14.8. The van der Waals surface area contributed by atoms with Gasteiger partial charge < -0.3 is 15.5 Å². The second kappa shape index (κ2) is 14.2. The Labute approximate surface area is 272 Å². The van der Waals surface area contributed by atoms with E-state index in [2.05, 4.69) is 44.1 Å². The summed E-state index contributed by atoms with van der Waals surface area (Å²) in [7, 11) is 0. The fourth-order valence-corrected chi connectivity index (χ4v) is 8.47. The maximum Gasteiger partial charge on any atom is 0.245 e. The highest BCUT2D eigenvalue weighted by atomic mass is 35.5. The van der Waals surface area contributed by atoms with E-state index in [1.54, 1.807) is 6.33 Å². The largest absolute Gasteiger partial charge is 0.356 e. The molecule has 3 aromatic rings. The van der Waals surface area contributed by atoms with E-state index in [9.17, 15) is 4.79 Å². The minimum Gasteiger partial charge on any atom is -0.356 e. The first-order chi connectivity index (χ1) is 21.4. The Morgan fingerprint density at radius 2 is 1.55 bits per heavy atom. The molecule has 0 unspecified atom stereocenters. The summed E-state index contributed by atoms with van der Waals surface area (Å²) in [5, 5.41) is 5.90. The predicted octanol–water partition coefficient (Wildman–Crippen LogP) is 7.16. The van der Waals surface area contributed by atoms with Crippen molar-refractivity contribution >= 4 is 34.8 Å². The molecule has 2 aromatic carbocycles. The van der Waals surface area contributed by atoms with Crippen molar-refractivity contribution in [3.05, 3.63) is 76.8 Å². The lowest BCUT2D eigenvalue weighted by atomic mass is 9.63. The molecule has 44 heavy (non-hydrogen) atoms. The highest BCUT2D eigenvalue weighted by molar-refractivity contribution is 6.30. The highest BCUT2D eigenvalue weighted by Gasteiger charge is 2.45. The van der Waals surface area contributed by atoms with Gasteiger partial charge in [0.2, 0.25) is 5.91 Å². The third-order valence-electron chi connectivity index (χ3n) is 10.7. The number of anilines is 1. The monoisotopic (exact) mass is 636 g/mol. The van der Waals surface area contributed by atoms with Crippen LogP contribution in [0.15, 0.2) is 61.2 Å². The Kier molecular flexibility index (Phi) is 10.1. The van der Waals surface area contributed by atoms with Gasteiger partial charge in [0.1, 0.15) is 18.7 Å². The molecule has 2 saturated carbocycles. The molecule has 1 aliphatic heterocycles. The van der Waals surface area contributed by atoms with E-state index in [0.717, 1.165) is 69.4 Å². The standard InChI is InChI=1S/C35H46Cl2N6O/c36-28-8-6-26(7-9-28)22-33(43(31-14-10-29(37)11-15-31)32-16-12-30(38)13-17-32)34(44)41-20-18-35(19-21-41,23-42-25-39-24-40-42)27-4-2-1-3-5-27/h6-11,14-15,24-25,27,30,32-33H,1-5,12-13,16-23,38H2/t30-,32+,33-/m1/s1. The summed E-state index contributed by atoms with van der Waals surface area (Å²) >= 11 is 12.6. The van der Waals surface area contributed by atoms with Gasteiger partial charge in [0.15, 0.2) is 0 Å². The van der Waals surface area contributed by atoms with Gasteiger partial charge in [-0.1, -0.05) is 54.6 Å². The molecule has 3 fully saturated rings. The molecular formula is C35H46Cl2N6O. The third kappa shape index (κ3) is 7.27. The number of rotatable bonds is 9. The van der Waals surface area contributed by atoms with E-state index >= 15 is 0 Å². The van der Waals surface area contributed by atoms with Gasteiger partial charge in [-0.2, -0.15) is 5.10 Å². The number of likely N-dealkylation sites (tertiary alicyclic amines) is 1. The van der Waals surface area contributed by atoms with Crippen LogP contribution in [0.25, 0.3) is 0 Å². The first-order valence-electron chi connectivity index (χ1n) is 16.6. The van der Waals surface area contributed by atoms with Crippen LogP contribution in [0.5, 0.6) is 0 Å². The fourth-order valence-electron chi connectivity index (χ4n) is 8.22. The van der Waals surface area contributed by atoms with Gasteiger partial charge in [-0.25, -0.2) is 4.98 Å². The normalized spacial score (nSPS) is 23.3. The second-order valence-electron chi connectivity index (χ2n) is 13.4. The van der Waals surface area contributed by atoms with Crippen LogP contribution >= 0.6 is 23.2 Å². The molecule has 1 saturated heterocycles. The van der Waals surface area contributed by atoms with Crippen molar-refractivity contribution in [1.29, 1.82) is 0 Å². The third-order valence-corrected chi connectivity index (χ3v) is 11.2. The number of nitrogens with two attached hydrogens (primary N) is 1. The van der Waals surface area contributed by atoms with Gasteiger partial charge in [-0.05, 0) is 105 Å². The Bertz CT molecular complexity index is 1330. The Hall–Kier alpha value is -2.61. The van der Waals surface area contributed by atoms with E-state index < -0.39 is 0 Å². The highest BCUT2D eigenvalue weighted by Crippen LogP contribution is 2.47. The summed E-state index contributed by atoms with van der Waals surface area (Å²) < 4.78 is 2.02. The molecule has 0 bridgehead atoms. The van der Waals surface area contributed by atoms with Crippen LogP contribution in [-0.4, -0.2) is 56.8 Å². The first kappa shape index (κ1) is 31.4. The first-order valence-corrected chi connectivity index (χ1v) is 17.3. The lowest BCUT2D eigenvalue weighted by Crippen LogP contribution is -2.57. The minimum atomic E-state index is -0.339. The number of nitrogens with zero attached hydrogens (tertiary/aromatic N) is 5. The zero-order valence-corrected chi connectivity index (χ0v) is 27.2. The molecule has 2 N–H and O–H groups in total. The zero-order valence-electron chi connectivity index (χ0n) is 25.7. The van der Waals surface area contributed by atoms with Gasteiger partial charge in [0.25, 0.3) is 0 Å². The number of carbonyl (C=O) groups is 1. The summed E-state index contributed by atoms with van der Waals surface area (Å²) in [5.41, 5.74) is 8.65. The van der Waals surface area contributed by atoms with E-state index in [1.807, 2.05) is 35.3 Å². The van der Waals surface area contributed by atoms with Crippen LogP contribution < -0.4 is 10.6 Å². The van der Waals surface area contributed by atoms with Crippen LogP contribution in [0.1, 0.15) is 76.2 Å². The number of piperidine rings is 1. The Morgan fingerprint density at radius 1 is 0.909 bits per heavy atom. The van der Waals surface area contributed by atoms with Crippen LogP contribution in [0.2, 0.25) is 10.0 Å². The van der Waals surface area contributed by atoms with Crippen molar-refractivity contribution in [2.24, 2.45) is 17.1 Å². The Morgan fingerprint density at radius 3 is 2.16 bits per heavy atom. The molecule has 9 heteroatoms. The number of halogens is 2. The van der Waals surface area contributed by atoms with E-state index in [4.69, 9.17) is 28.9 Å². The summed E-state index contributed by atoms with van der Waals surface area (Å²) in [6, 6.07) is 16.1. The van der Waals surface area contributed by atoms with E-state index in [0.29, 0.717) is 22.4 Å². The van der Waals surface area contributed by atoms with Gasteiger partial charge in [-0.3, -0.25) is 9.48 Å². The molecule has 3 aliphatic rings. The second-order valence-corrected chi connectivity index (χ2v) is 14.3. The quantitative estimate of drug-likeness (QED) is 0.269. The van der Waals surface area contributed by atoms with E-state index in [-0.39, 0.29) is 29.4 Å². The molecule has 1 aromatic heterocycles. The van der Waals surface area contributed by atoms with Gasteiger partial charge in [-0.15, -0.1) is 0 Å². The van der Waals surface area contributed by atoms with Gasteiger partial charge >= 0.3 is 0 Å². The smallest absolute Gasteiger partial charge is 0.245 e. The summed E-state index contributed by atoms with van der Waals surface area (Å²) in [5.74, 6) is 0.877. The lowest BCUT2D eigenvalue weighted by molar-refractivity contribution is -0.136. The van der Waals surface area contributed by atoms with Crippen molar-refractivity contribution < 1.29 is 4.79 Å². The maximum absolute atomic E-state index is 14.8. The molecule has 1 amide bonds. The molecule has 6 rings (SSSR count). The number of hydrogen-bond acceptors (Lipinski definition) is 5. The number of aromatic nitrogens is 3. The molecule has 2 heterocycles. The number of amides is 1. The molecule has 7 nitrogen and oxygen atoms in total. The van der Waals surface area contributed by atoms with Crippen molar-refractivity contribution in [3.8, 4) is 0 Å². The van der Waals surface area contributed by atoms with Crippen molar-refractivity contribution in [1.82, 2.24) is 19.7 Å². The van der Waals surface area contributed by atoms with Crippen molar-refractivity contribution in [3.63, 3.8) is 0 Å². The molecular weight excluding hydrogens is 591 g/mol. The van der Waals surface area contributed by atoms with E-state index in [1.165, 1.54) is 32.1 Å². The number of carbonyl (C=O) groups excluding carboxylic acids is 1. The van der Waals surface area contributed by atoms with Crippen LogP contribution in [0, 0.1) is 11.3 Å². The zero-order chi connectivity index (χ0) is 30.5. The lowest BCUT2D eigenvalue weighted by Gasteiger charge is -2.49. The SMILES string of the molecule is N[C@H]1CC[C@@H](N(c2ccc(Cl)cc2)[C@H](Cc2ccc(Cl)cc2)C(=O)N2CCC(Cn3cncn3)(C3CCCCC3)CC2)CC1. The van der Waals surface area contributed by atoms with Crippen molar-refractivity contribution in [2.45, 2.75) is 102 Å². The van der Waals surface area contributed by atoms with Gasteiger partial charge in [0, 0.05) is 53.9 Å². The summed E-state index contributed by atoms with van der Waals surface area (Å²) in [6.07, 6.45) is 16.4. The molecule has 0 spiro atoms. The summed E-state index contributed by atoms with van der Waals surface area (Å²) in [6.45, 7) is 2.42. The van der Waals surface area contributed by atoms with Gasteiger partial charge in [0.05, 0.1) is 0 Å². The van der Waals surface area contributed by atoms with Crippen LogP contribution in [0.3, 0.4) is 0 Å². The minimum absolute atomic E-state index is 0.145. The molecule has 2 aliphatic carbocycles. The average molecular weight is 638 g/mol. The molecule has 1 atom stereocenters.